The highest BCUT2D eigenvalue weighted by Crippen LogP contribution is 2.36. The molecule has 0 unspecified atom stereocenters. The number of hydrogen-bond acceptors (Lipinski definition) is 4. The molecule has 1 aromatic rings. The lowest BCUT2D eigenvalue weighted by Crippen LogP contribution is -2.41. The molecule has 0 bridgehead atoms. The molecule has 0 aromatic heterocycles. The van der Waals surface area contributed by atoms with Crippen molar-refractivity contribution in [1.29, 1.82) is 0 Å². The van der Waals surface area contributed by atoms with E-state index >= 15 is 0 Å². The first-order valence-electron chi connectivity index (χ1n) is 9.29. The number of halogens is 1. The quantitative estimate of drug-likeness (QED) is 0.830. The average molecular weight is 348 g/mol. The van der Waals surface area contributed by atoms with Crippen LogP contribution >= 0.6 is 0 Å². The summed E-state index contributed by atoms with van der Waals surface area (Å²) in [7, 11) is -0.541. The highest BCUT2D eigenvalue weighted by atomic mass is 19.1. The molecular formula is C19H30BFN2O2. The van der Waals surface area contributed by atoms with Crippen molar-refractivity contribution in [2.45, 2.75) is 52.2 Å². The highest BCUT2D eigenvalue weighted by Gasteiger charge is 2.51. The van der Waals surface area contributed by atoms with Gasteiger partial charge in [0, 0.05) is 25.3 Å². The monoisotopic (exact) mass is 348 g/mol. The van der Waals surface area contributed by atoms with Crippen molar-refractivity contribution in [1.82, 2.24) is 4.90 Å². The van der Waals surface area contributed by atoms with E-state index in [1.165, 1.54) is 18.6 Å². The van der Waals surface area contributed by atoms with Gasteiger partial charge in [0.15, 0.2) is 0 Å². The zero-order valence-corrected chi connectivity index (χ0v) is 16.1. The molecule has 25 heavy (non-hydrogen) atoms. The molecule has 0 saturated carbocycles. The van der Waals surface area contributed by atoms with Crippen LogP contribution in [-0.4, -0.2) is 49.4 Å². The van der Waals surface area contributed by atoms with E-state index in [0.717, 1.165) is 43.2 Å². The smallest absolute Gasteiger partial charge is 0.399 e. The summed E-state index contributed by atoms with van der Waals surface area (Å²) in [6.07, 6.45) is 1.27. The standard InChI is InChI=1S/C19H30BFN2O2/c1-14-6-8-23(13-14)9-7-22-17-11-15(10-16(21)12-17)20-24-18(2,3)19(4,5)25-20/h10-12,14,22H,6-9,13H2,1-5H3/t14-/m1/s1. The summed E-state index contributed by atoms with van der Waals surface area (Å²) in [6.45, 7) is 14.4. The molecule has 138 valence electrons. The molecule has 0 aliphatic carbocycles. The molecular weight excluding hydrogens is 318 g/mol. The maximum atomic E-state index is 14.1. The molecule has 0 amide bonds. The minimum absolute atomic E-state index is 0.274. The first-order chi connectivity index (χ1) is 11.7. The van der Waals surface area contributed by atoms with Gasteiger partial charge in [-0.3, -0.25) is 0 Å². The zero-order chi connectivity index (χ0) is 18.2. The van der Waals surface area contributed by atoms with Crippen molar-refractivity contribution in [3.05, 3.63) is 24.0 Å². The normalized spacial score (nSPS) is 25.5. The summed E-state index contributed by atoms with van der Waals surface area (Å²) in [6, 6.07) is 4.95. The summed E-state index contributed by atoms with van der Waals surface area (Å²) in [5, 5.41) is 3.34. The lowest BCUT2D eigenvalue weighted by atomic mass is 9.79. The molecule has 2 heterocycles. The second kappa shape index (κ2) is 6.90. The fraction of sp³-hybridized carbons (Fsp3) is 0.684. The van der Waals surface area contributed by atoms with Gasteiger partial charge in [-0.1, -0.05) is 6.92 Å². The van der Waals surface area contributed by atoms with E-state index < -0.39 is 18.3 Å². The zero-order valence-electron chi connectivity index (χ0n) is 16.1. The van der Waals surface area contributed by atoms with E-state index in [1.54, 1.807) is 0 Å². The van der Waals surface area contributed by atoms with Gasteiger partial charge < -0.3 is 19.5 Å². The van der Waals surface area contributed by atoms with Crippen molar-refractivity contribution >= 4 is 18.3 Å². The maximum absolute atomic E-state index is 14.1. The second-order valence-electron chi connectivity index (χ2n) is 8.48. The van der Waals surface area contributed by atoms with Gasteiger partial charge in [0.1, 0.15) is 5.82 Å². The van der Waals surface area contributed by atoms with Crippen molar-refractivity contribution in [2.75, 3.05) is 31.5 Å². The summed E-state index contributed by atoms with van der Waals surface area (Å²) in [5.41, 5.74) is 0.640. The summed E-state index contributed by atoms with van der Waals surface area (Å²) < 4.78 is 26.1. The predicted molar refractivity (Wildman–Crippen MR) is 101 cm³/mol. The molecule has 2 fully saturated rings. The molecule has 4 nitrogen and oxygen atoms in total. The Morgan fingerprint density at radius 1 is 1.20 bits per heavy atom. The van der Waals surface area contributed by atoms with Crippen LogP contribution in [0.1, 0.15) is 41.0 Å². The SMILES string of the molecule is C[C@@H]1CCN(CCNc2cc(F)cc(B3OC(C)(C)C(C)(C)O3)c2)C1. The van der Waals surface area contributed by atoms with E-state index in [9.17, 15) is 4.39 Å². The minimum atomic E-state index is -0.541. The third-order valence-electron chi connectivity index (χ3n) is 5.71. The number of hydrogen-bond donors (Lipinski definition) is 1. The number of likely N-dealkylation sites (tertiary alicyclic amines) is 1. The summed E-state index contributed by atoms with van der Waals surface area (Å²) in [4.78, 5) is 2.45. The Balaban J connectivity index is 1.63. The van der Waals surface area contributed by atoms with E-state index in [4.69, 9.17) is 9.31 Å². The highest BCUT2D eigenvalue weighted by molar-refractivity contribution is 6.62. The predicted octanol–water partition coefficient (Wildman–Crippen LogP) is 2.88. The van der Waals surface area contributed by atoms with Crippen LogP contribution in [0.3, 0.4) is 0 Å². The van der Waals surface area contributed by atoms with Crippen LogP contribution in [0.15, 0.2) is 18.2 Å². The average Bonchev–Trinajstić information content (AvgIpc) is 2.99. The molecule has 2 aliphatic rings. The van der Waals surface area contributed by atoms with Crippen LogP contribution in [0.4, 0.5) is 10.1 Å². The molecule has 1 atom stereocenters. The van der Waals surface area contributed by atoms with Crippen LogP contribution < -0.4 is 10.8 Å². The van der Waals surface area contributed by atoms with Gasteiger partial charge in [0.05, 0.1) is 11.2 Å². The van der Waals surface area contributed by atoms with Gasteiger partial charge in [-0.05, 0) is 70.2 Å². The van der Waals surface area contributed by atoms with Gasteiger partial charge >= 0.3 is 7.12 Å². The Labute approximate surface area is 151 Å². The first-order valence-corrected chi connectivity index (χ1v) is 9.29. The number of rotatable bonds is 5. The van der Waals surface area contributed by atoms with Crippen LogP contribution in [0, 0.1) is 11.7 Å². The second-order valence-corrected chi connectivity index (χ2v) is 8.48. The Morgan fingerprint density at radius 2 is 1.88 bits per heavy atom. The fourth-order valence-corrected chi connectivity index (χ4v) is 3.42. The number of nitrogens with zero attached hydrogens (tertiary/aromatic N) is 1. The number of benzene rings is 1. The number of anilines is 1. The van der Waals surface area contributed by atoms with Crippen molar-refractivity contribution in [2.24, 2.45) is 5.92 Å². The van der Waals surface area contributed by atoms with Crippen LogP contribution in [0.25, 0.3) is 0 Å². The van der Waals surface area contributed by atoms with E-state index in [-0.39, 0.29) is 5.82 Å². The van der Waals surface area contributed by atoms with Gasteiger partial charge in [-0.15, -0.1) is 0 Å². The Hall–Kier alpha value is -1.11. The third-order valence-corrected chi connectivity index (χ3v) is 5.71. The Kier molecular flexibility index (Phi) is 5.15. The summed E-state index contributed by atoms with van der Waals surface area (Å²) >= 11 is 0. The van der Waals surface area contributed by atoms with Crippen LogP contribution in [0.2, 0.25) is 0 Å². The fourth-order valence-electron chi connectivity index (χ4n) is 3.42. The van der Waals surface area contributed by atoms with Crippen molar-refractivity contribution < 1.29 is 13.7 Å². The molecule has 0 spiro atoms. The largest absolute Gasteiger partial charge is 0.495 e. The van der Waals surface area contributed by atoms with Crippen molar-refractivity contribution in [3.8, 4) is 0 Å². The van der Waals surface area contributed by atoms with Gasteiger partial charge in [-0.25, -0.2) is 4.39 Å². The molecule has 0 radical (unpaired) electrons. The summed E-state index contributed by atoms with van der Waals surface area (Å²) in [5.74, 6) is 0.508. The molecule has 2 saturated heterocycles. The van der Waals surface area contributed by atoms with Gasteiger partial charge in [0.2, 0.25) is 0 Å². The molecule has 3 rings (SSSR count). The van der Waals surface area contributed by atoms with Crippen molar-refractivity contribution in [3.63, 3.8) is 0 Å². The lowest BCUT2D eigenvalue weighted by Gasteiger charge is -2.32. The Bertz CT molecular complexity index is 607. The number of nitrogens with one attached hydrogen (secondary N) is 1. The minimum Gasteiger partial charge on any atom is -0.399 e. The van der Waals surface area contributed by atoms with Gasteiger partial charge in [0.25, 0.3) is 0 Å². The lowest BCUT2D eigenvalue weighted by molar-refractivity contribution is 0.00578. The topological polar surface area (TPSA) is 33.7 Å². The van der Waals surface area contributed by atoms with E-state index in [2.05, 4.69) is 17.1 Å². The Morgan fingerprint density at radius 3 is 2.48 bits per heavy atom. The van der Waals surface area contributed by atoms with Gasteiger partial charge in [-0.2, -0.15) is 0 Å². The first kappa shape index (κ1) is 18.7. The van der Waals surface area contributed by atoms with Crippen LogP contribution in [-0.2, 0) is 9.31 Å². The third kappa shape index (κ3) is 4.18. The van der Waals surface area contributed by atoms with E-state index in [0.29, 0.717) is 0 Å². The molecule has 1 aromatic carbocycles. The maximum Gasteiger partial charge on any atom is 0.495 e. The molecule has 1 N–H and O–H groups in total. The van der Waals surface area contributed by atoms with E-state index in [1.807, 2.05) is 33.8 Å². The molecule has 6 heteroatoms. The van der Waals surface area contributed by atoms with Crippen LogP contribution in [0.5, 0.6) is 0 Å². The molecule has 2 aliphatic heterocycles.